The van der Waals surface area contributed by atoms with E-state index in [1.807, 2.05) is 0 Å². The predicted octanol–water partition coefficient (Wildman–Crippen LogP) is 0.655. The Bertz CT molecular complexity index is 229. The van der Waals surface area contributed by atoms with Gasteiger partial charge < -0.3 is 14.9 Å². The molecule has 0 aromatic rings. The van der Waals surface area contributed by atoms with Crippen molar-refractivity contribution in [2.24, 2.45) is 0 Å². The highest BCUT2D eigenvalue weighted by Gasteiger charge is 2.06. The van der Waals surface area contributed by atoms with Gasteiger partial charge in [0.2, 0.25) is 0 Å². The van der Waals surface area contributed by atoms with Crippen LogP contribution in [0.25, 0.3) is 0 Å². The number of carboxylic acids is 1. The average Bonchev–Trinajstić information content (AvgIpc) is 2.56. The number of rotatable bonds is 1. The summed E-state index contributed by atoms with van der Waals surface area (Å²) in [6.07, 6.45) is 2.87. The molecule has 1 rings (SSSR count). The fourth-order valence-electron chi connectivity index (χ4n) is 0.645. The first-order valence-corrected chi connectivity index (χ1v) is 3.61. The molecule has 1 fully saturated rings. The summed E-state index contributed by atoms with van der Waals surface area (Å²) in [5, 5.41) is 15.3. The molecule has 0 aromatic carbocycles. The topological polar surface area (TPSA) is 83.8 Å². The summed E-state index contributed by atoms with van der Waals surface area (Å²) >= 11 is 0. The molecule has 1 aliphatic heterocycles. The van der Waals surface area contributed by atoms with Gasteiger partial charge in [-0.05, 0) is 6.42 Å². The van der Waals surface area contributed by atoms with Crippen molar-refractivity contribution in [2.75, 3.05) is 6.61 Å². The molecule has 1 heterocycles. The largest absolute Gasteiger partial charge is 0.515 e. The third-order valence-electron chi connectivity index (χ3n) is 1.16. The van der Waals surface area contributed by atoms with E-state index in [4.69, 9.17) is 14.9 Å². The number of aliphatic hydroxyl groups excluding tert-OH is 1. The quantitative estimate of drug-likeness (QED) is 0.357. The second-order valence-corrected chi connectivity index (χ2v) is 2.13. The maximum absolute atomic E-state index is 9.72. The van der Waals surface area contributed by atoms with Crippen molar-refractivity contribution in [1.82, 2.24) is 0 Å². The van der Waals surface area contributed by atoms with E-state index in [1.165, 1.54) is 0 Å². The normalized spacial score (nSPS) is 14.3. The van der Waals surface area contributed by atoms with Crippen molar-refractivity contribution < 1.29 is 24.5 Å². The van der Waals surface area contributed by atoms with Crippen LogP contribution in [0, 0.1) is 0 Å². The molecule has 0 spiro atoms. The number of carbonyl (C=O) groups is 1. The fourth-order valence-corrected chi connectivity index (χ4v) is 0.645. The van der Waals surface area contributed by atoms with Crippen molar-refractivity contribution in [3.05, 3.63) is 18.1 Å². The van der Waals surface area contributed by atoms with Crippen molar-refractivity contribution in [2.45, 2.75) is 12.8 Å². The van der Waals surface area contributed by atoms with Crippen LogP contribution in [0.3, 0.4) is 0 Å². The molecule has 0 bridgehead atoms. The molecule has 0 aliphatic carbocycles. The number of hydrogen-bond acceptors (Lipinski definition) is 4. The molecule has 0 aromatic heterocycles. The van der Waals surface area contributed by atoms with Gasteiger partial charge in [0.05, 0.1) is 18.9 Å². The molecule has 2 N–H and O–H groups in total. The first kappa shape index (κ1) is 11.3. The zero-order valence-electron chi connectivity index (χ0n) is 6.90. The summed E-state index contributed by atoms with van der Waals surface area (Å²) in [5.41, 5.74) is 0. The van der Waals surface area contributed by atoms with Gasteiger partial charge in [-0.3, -0.25) is 0 Å². The number of ether oxygens (including phenoxy) is 1. The number of aliphatic carboxylic acids is 1. The Hall–Kier alpha value is -1.74. The number of carbonyl (C=O) groups excluding carboxylic acids is 1. The van der Waals surface area contributed by atoms with Crippen LogP contribution in [0.4, 0.5) is 0 Å². The van der Waals surface area contributed by atoms with E-state index >= 15 is 0 Å². The summed E-state index contributed by atoms with van der Waals surface area (Å²) in [6, 6.07) is 0. The number of carboxylic acid groups (broad SMARTS) is 1. The SMILES string of the molecule is O=C(O)C=CO.O=C=C1CCCO1. The van der Waals surface area contributed by atoms with E-state index < -0.39 is 5.97 Å². The van der Waals surface area contributed by atoms with Crippen molar-refractivity contribution in [1.29, 1.82) is 0 Å². The molecule has 13 heavy (non-hydrogen) atoms. The molecule has 0 radical (unpaired) electrons. The zero-order chi connectivity index (χ0) is 10.1. The Kier molecular flexibility index (Phi) is 6.01. The van der Waals surface area contributed by atoms with Gasteiger partial charge >= 0.3 is 5.97 Å². The van der Waals surface area contributed by atoms with E-state index in [0.717, 1.165) is 12.8 Å². The fraction of sp³-hybridized carbons (Fsp3) is 0.375. The lowest BCUT2D eigenvalue weighted by Gasteiger charge is -1.85. The van der Waals surface area contributed by atoms with E-state index in [2.05, 4.69) is 0 Å². The summed E-state index contributed by atoms with van der Waals surface area (Å²) in [7, 11) is 0. The van der Waals surface area contributed by atoms with Gasteiger partial charge in [-0.1, -0.05) is 0 Å². The maximum atomic E-state index is 9.72. The Morgan fingerprint density at radius 2 is 2.31 bits per heavy atom. The molecule has 0 atom stereocenters. The van der Waals surface area contributed by atoms with Crippen LogP contribution in [0.2, 0.25) is 0 Å². The van der Waals surface area contributed by atoms with Gasteiger partial charge in [-0.25, -0.2) is 9.59 Å². The molecule has 5 nitrogen and oxygen atoms in total. The first-order valence-electron chi connectivity index (χ1n) is 3.61. The number of allylic oxidation sites excluding steroid dienone is 1. The third-order valence-corrected chi connectivity index (χ3v) is 1.16. The Labute approximate surface area is 74.9 Å². The van der Waals surface area contributed by atoms with Crippen molar-refractivity contribution in [3.63, 3.8) is 0 Å². The summed E-state index contributed by atoms with van der Waals surface area (Å²) in [6.45, 7) is 0.699. The standard InChI is InChI=1S/C5H6O2.C3H4O3/c6-4-5-2-1-3-7-5;4-2-1-3(5)6/h1-3H2;1-2,4H,(H,5,6). The predicted molar refractivity (Wildman–Crippen MR) is 43.8 cm³/mol. The van der Waals surface area contributed by atoms with Crippen LogP contribution in [-0.2, 0) is 14.3 Å². The van der Waals surface area contributed by atoms with Crippen LogP contribution < -0.4 is 0 Å². The molecule has 0 saturated carbocycles. The van der Waals surface area contributed by atoms with E-state index in [1.54, 1.807) is 5.94 Å². The van der Waals surface area contributed by atoms with Crippen molar-refractivity contribution in [3.8, 4) is 0 Å². The van der Waals surface area contributed by atoms with Crippen LogP contribution in [-0.4, -0.2) is 28.7 Å². The van der Waals surface area contributed by atoms with Gasteiger partial charge in [-0.2, -0.15) is 0 Å². The average molecular weight is 186 g/mol. The summed E-state index contributed by atoms with van der Waals surface area (Å²) in [5.74, 6) is 1.05. The lowest BCUT2D eigenvalue weighted by molar-refractivity contribution is -0.131. The monoisotopic (exact) mass is 186 g/mol. The van der Waals surface area contributed by atoms with Crippen molar-refractivity contribution >= 4 is 11.9 Å². The summed E-state index contributed by atoms with van der Waals surface area (Å²) < 4.78 is 4.80. The molecule has 5 heteroatoms. The van der Waals surface area contributed by atoms with Gasteiger partial charge in [0.1, 0.15) is 0 Å². The highest BCUT2D eigenvalue weighted by molar-refractivity contribution is 5.79. The second kappa shape index (κ2) is 6.94. The van der Waals surface area contributed by atoms with E-state index in [0.29, 0.717) is 24.7 Å². The lowest BCUT2D eigenvalue weighted by Crippen LogP contribution is -1.84. The third kappa shape index (κ3) is 6.65. The Balaban J connectivity index is 0.000000226. The lowest BCUT2D eigenvalue weighted by atomic mass is 10.3. The Morgan fingerprint density at radius 3 is 2.46 bits per heavy atom. The zero-order valence-corrected chi connectivity index (χ0v) is 6.90. The number of hydrogen-bond donors (Lipinski definition) is 2. The minimum atomic E-state index is -1.14. The molecular formula is C8H10O5. The first-order chi connectivity index (χ1) is 6.20. The van der Waals surface area contributed by atoms with Crippen LogP contribution in [0.5, 0.6) is 0 Å². The minimum Gasteiger partial charge on any atom is -0.515 e. The van der Waals surface area contributed by atoms with Gasteiger partial charge in [0.25, 0.3) is 0 Å². The highest BCUT2D eigenvalue weighted by atomic mass is 16.5. The second-order valence-electron chi connectivity index (χ2n) is 2.13. The molecule has 1 aliphatic rings. The van der Waals surface area contributed by atoms with Crippen LogP contribution >= 0.6 is 0 Å². The number of aliphatic hydroxyl groups is 1. The Morgan fingerprint density at radius 1 is 1.62 bits per heavy atom. The molecule has 72 valence electrons. The molecule has 0 amide bonds. The van der Waals surface area contributed by atoms with Gasteiger partial charge in [-0.15, -0.1) is 0 Å². The van der Waals surface area contributed by atoms with E-state index in [-0.39, 0.29) is 0 Å². The summed E-state index contributed by atoms with van der Waals surface area (Å²) in [4.78, 5) is 19.1. The van der Waals surface area contributed by atoms with Gasteiger partial charge in [0, 0.05) is 6.42 Å². The van der Waals surface area contributed by atoms with E-state index in [9.17, 15) is 9.59 Å². The minimum absolute atomic E-state index is 0.475. The van der Waals surface area contributed by atoms with Crippen LogP contribution in [0.1, 0.15) is 12.8 Å². The molecule has 0 unspecified atom stereocenters. The molecule has 1 saturated heterocycles. The molecular weight excluding hydrogens is 176 g/mol. The highest BCUT2D eigenvalue weighted by Crippen LogP contribution is 2.11. The maximum Gasteiger partial charge on any atom is 0.331 e. The van der Waals surface area contributed by atoms with Crippen LogP contribution in [0.15, 0.2) is 18.1 Å². The van der Waals surface area contributed by atoms with Gasteiger partial charge in [0.15, 0.2) is 11.7 Å². The smallest absolute Gasteiger partial charge is 0.331 e.